The molecule has 0 atom stereocenters. The van der Waals surface area contributed by atoms with E-state index in [1.54, 1.807) is 48.3 Å². The van der Waals surface area contributed by atoms with Crippen molar-refractivity contribution in [2.45, 2.75) is 0 Å². The van der Waals surface area contributed by atoms with E-state index in [4.69, 9.17) is 27.9 Å². The largest absolute Gasteiger partial charge is 0.482 e. The molecule has 0 unspecified atom stereocenters. The minimum atomic E-state index is -0.378. The van der Waals surface area contributed by atoms with Crippen molar-refractivity contribution in [3.63, 3.8) is 0 Å². The van der Waals surface area contributed by atoms with Gasteiger partial charge in [-0.15, -0.1) is 0 Å². The summed E-state index contributed by atoms with van der Waals surface area (Å²) in [6, 6.07) is 20.8. The lowest BCUT2D eigenvalue weighted by Gasteiger charge is -2.17. The molecule has 3 aromatic carbocycles. The van der Waals surface area contributed by atoms with Crippen LogP contribution in [0.1, 0.15) is 10.4 Å². The maximum atomic E-state index is 12.7. The van der Waals surface area contributed by atoms with E-state index in [1.165, 1.54) is 6.07 Å². The molecule has 7 heteroatoms. The summed E-state index contributed by atoms with van der Waals surface area (Å²) in [4.78, 5) is 26.5. The Balaban J connectivity index is 1.63. The summed E-state index contributed by atoms with van der Waals surface area (Å²) in [5.74, 6) is -0.201. The Morgan fingerprint density at radius 2 is 1.72 bits per heavy atom. The number of halogens is 2. The van der Waals surface area contributed by atoms with Gasteiger partial charge in [-0.1, -0.05) is 47.5 Å². The Kier molecular flexibility index (Phi) is 6.75. The predicted molar refractivity (Wildman–Crippen MR) is 116 cm³/mol. The van der Waals surface area contributed by atoms with E-state index in [2.05, 4.69) is 5.32 Å². The molecular formula is C22H18Cl2N2O3. The van der Waals surface area contributed by atoms with Gasteiger partial charge in [0.15, 0.2) is 6.61 Å². The molecule has 0 aliphatic carbocycles. The minimum Gasteiger partial charge on any atom is -0.482 e. The molecular weight excluding hydrogens is 411 g/mol. The molecule has 1 N–H and O–H groups in total. The highest BCUT2D eigenvalue weighted by Crippen LogP contribution is 2.27. The van der Waals surface area contributed by atoms with Crippen molar-refractivity contribution in [2.24, 2.45) is 0 Å². The van der Waals surface area contributed by atoms with Gasteiger partial charge in [0.25, 0.3) is 11.8 Å². The summed E-state index contributed by atoms with van der Waals surface area (Å²) in [6.45, 7) is -0.233. The second-order valence-corrected chi connectivity index (χ2v) is 7.04. The first kappa shape index (κ1) is 20.7. The fraction of sp³-hybridized carbons (Fsp3) is 0.0909. The fourth-order valence-electron chi connectivity index (χ4n) is 2.63. The highest BCUT2D eigenvalue weighted by molar-refractivity contribution is 6.35. The molecule has 0 radical (unpaired) electrons. The number of anilines is 2. The molecule has 0 spiro atoms. The van der Waals surface area contributed by atoms with Crippen LogP contribution in [0.4, 0.5) is 11.4 Å². The molecule has 0 saturated carbocycles. The summed E-state index contributed by atoms with van der Waals surface area (Å²) >= 11 is 11.9. The molecule has 148 valence electrons. The lowest BCUT2D eigenvalue weighted by atomic mass is 10.1. The summed E-state index contributed by atoms with van der Waals surface area (Å²) in [7, 11) is 1.70. The highest BCUT2D eigenvalue weighted by atomic mass is 35.5. The first-order valence-electron chi connectivity index (χ1n) is 8.75. The van der Waals surface area contributed by atoms with Crippen molar-refractivity contribution < 1.29 is 14.3 Å². The van der Waals surface area contributed by atoms with Crippen LogP contribution in [0.3, 0.4) is 0 Å². The van der Waals surface area contributed by atoms with Crippen molar-refractivity contribution in [1.29, 1.82) is 0 Å². The zero-order valence-electron chi connectivity index (χ0n) is 15.6. The first-order valence-corrected chi connectivity index (χ1v) is 9.50. The van der Waals surface area contributed by atoms with Gasteiger partial charge < -0.3 is 15.0 Å². The molecule has 0 heterocycles. The van der Waals surface area contributed by atoms with E-state index in [-0.39, 0.29) is 18.4 Å². The summed E-state index contributed by atoms with van der Waals surface area (Å²) in [5, 5.41) is 3.51. The number of carbonyl (C=O) groups excluding carboxylic acids is 2. The third kappa shape index (κ3) is 5.50. The number of ether oxygens (including phenoxy) is 1. The second-order valence-electron chi connectivity index (χ2n) is 6.19. The van der Waals surface area contributed by atoms with Crippen molar-refractivity contribution in [2.75, 3.05) is 23.9 Å². The van der Waals surface area contributed by atoms with Gasteiger partial charge in [-0.25, -0.2) is 0 Å². The standard InChI is InChI=1S/C22H18Cl2N2O3/c1-26(18-8-3-2-4-9-18)22(28)15-6-5-7-17(12-15)25-21(27)14-29-20-11-10-16(23)13-19(20)24/h2-13H,14H2,1H3,(H,25,27). The topological polar surface area (TPSA) is 58.6 Å². The molecule has 5 nitrogen and oxygen atoms in total. The van der Waals surface area contributed by atoms with Crippen molar-refractivity contribution in [3.05, 3.63) is 88.4 Å². The van der Waals surface area contributed by atoms with Gasteiger partial charge >= 0.3 is 0 Å². The predicted octanol–water partition coefficient (Wildman–Crippen LogP) is 5.29. The van der Waals surface area contributed by atoms with Gasteiger partial charge in [-0.3, -0.25) is 9.59 Å². The molecule has 0 fully saturated rings. The van der Waals surface area contributed by atoms with Crippen LogP contribution in [-0.2, 0) is 4.79 Å². The normalized spacial score (nSPS) is 10.3. The number of rotatable bonds is 6. The summed E-state index contributed by atoms with van der Waals surface area (Å²) in [6.07, 6.45) is 0. The van der Waals surface area contributed by atoms with E-state index >= 15 is 0 Å². The lowest BCUT2D eigenvalue weighted by Crippen LogP contribution is -2.26. The monoisotopic (exact) mass is 428 g/mol. The van der Waals surface area contributed by atoms with Crippen LogP contribution in [0.2, 0.25) is 10.0 Å². The molecule has 29 heavy (non-hydrogen) atoms. The molecule has 0 aromatic heterocycles. The molecule has 3 rings (SSSR count). The molecule has 3 aromatic rings. The van der Waals surface area contributed by atoms with Gasteiger partial charge in [-0.2, -0.15) is 0 Å². The maximum Gasteiger partial charge on any atom is 0.262 e. The Labute approximate surface area is 178 Å². The number of benzene rings is 3. The van der Waals surface area contributed by atoms with Gasteiger partial charge in [0.2, 0.25) is 0 Å². The Hall–Kier alpha value is -3.02. The summed E-state index contributed by atoms with van der Waals surface area (Å²) in [5.41, 5.74) is 1.73. The number of hydrogen-bond donors (Lipinski definition) is 1. The van der Waals surface area contributed by atoms with Crippen molar-refractivity contribution in [1.82, 2.24) is 0 Å². The Morgan fingerprint density at radius 1 is 0.966 bits per heavy atom. The average molecular weight is 429 g/mol. The zero-order valence-corrected chi connectivity index (χ0v) is 17.1. The number of nitrogens with one attached hydrogen (secondary N) is 1. The Bertz CT molecular complexity index is 1030. The van der Waals surface area contributed by atoms with Gasteiger partial charge in [0.05, 0.1) is 5.02 Å². The van der Waals surface area contributed by atoms with E-state index in [0.717, 1.165) is 5.69 Å². The lowest BCUT2D eigenvalue weighted by molar-refractivity contribution is -0.118. The number of carbonyl (C=O) groups is 2. The van der Waals surface area contributed by atoms with E-state index in [1.807, 2.05) is 30.3 Å². The van der Waals surface area contributed by atoms with Gasteiger partial charge in [0, 0.05) is 29.0 Å². The van der Waals surface area contributed by atoms with E-state index in [0.29, 0.717) is 27.0 Å². The first-order chi connectivity index (χ1) is 13.9. The maximum absolute atomic E-state index is 12.7. The third-order valence-electron chi connectivity index (χ3n) is 4.09. The zero-order chi connectivity index (χ0) is 20.8. The molecule has 0 aliphatic rings. The number of nitrogens with zero attached hydrogens (tertiary/aromatic N) is 1. The van der Waals surface area contributed by atoms with Crippen molar-refractivity contribution in [3.8, 4) is 5.75 Å². The van der Waals surface area contributed by atoms with Crippen LogP contribution in [0.5, 0.6) is 5.75 Å². The van der Waals surface area contributed by atoms with Crippen LogP contribution >= 0.6 is 23.2 Å². The minimum absolute atomic E-state index is 0.184. The molecule has 2 amide bonds. The van der Waals surface area contributed by atoms with Crippen molar-refractivity contribution >= 4 is 46.4 Å². The van der Waals surface area contributed by atoms with Crippen LogP contribution in [0.15, 0.2) is 72.8 Å². The van der Waals surface area contributed by atoms with Crippen LogP contribution < -0.4 is 15.0 Å². The molecule has 0 aliphatic heterocycles. The number of para-hydroxylation sites is 1. The van der Waals surface area contributed by atoms with Crippen LogP contribution in [-0.4, -0.2) is 25.5 Å². The average Bonchev–Trinajstić information content (AvgIpc) is 2.73. The smallest absolute Gasteiger partial charge is 0.262 e. The molecule has 0 bridgehead atoms. The number of hydrogen-bond acceptors (Lipinski definition) is 3. The Morgan fingerprint density at radius 3 is 2.45 bits per heavy atom. The quantitative estimate of drug-likeness (QED) is 0.580. The molecule has 0 saturated heterocycles. The SMILES string of the molecule is CN(C(=O)c1cccc(NC(=O)COc2ccc(Cl)cc2Cl)c1)c1ccccc1. The van der Waals surface area contributed by atoms with Crippen LogP contribution in [0.25, 0.3) is 0 Å². The second kappa shape index (κ2) is 9.45. The van der Waals surface area contributed by atoms with E-state index in [9.17, 15) is 9.59 Å². The van der Waals surface area contributed by atoms with Gasteiger partial charge in [-0.05, 0) is 48.5 Å². The number of amides is 2. The van der Waals surface area contributed by atoms with Crippen LogP contribution in [0, 0.1) is 0 Å². The summed E-state index contributed by atoms with van der Waals surface area (Å²) < 4.78 is 5.42. The fourth-order valence-corrected chi connectivity index (χ4v) is 3.09. The third-order valence-corrected chi connectivity index (χ3v) is 4.62. The highest BCUT2D eigenvalue weighted by Gasteiger charge is 2.14. The van der Waals surface area contributed by atoms with Gasteiger partial charge in [0.1, 0.15) is 5.75 Å². The van der Waals surface area contributed by atoms with E-state index < -0.39 is 0 Å².